The molecule has 0 aliphatic carbocycles. The summed E-state index contributed by atoms with van der Waals surface area (Å²) in [5, 5.41) is 2.66. The van der Waals surface area contributed by atoms with E-state index in [4.69, 9.17) is 9.47 Å². The maximum atomic E-state index is 12.3. The van der Waals surface area contributed by atoms with Crippen molar-refractivity contribution in [3.8, 4) is 5.75 Å². The Labute approximate surface area is 160 Å². The number of benzene rings is 1. The van der Waals surface area contributed by atoms with E-state index in [1.807, 2.05) is 0 Å². The van der Waals surface area contributed by atoms with E-state index in [1.54, 1.807) is 36.1 Å². The third kappa shape index (κ3) is 5.98. The molecule has 1 atom stereocenters. The van der Waals surface area contributed by atoms with E-state index in [2.05, 4.69) is 12.2 Å². The zero-order chi connectivity index (χ0) is 19.8. The summed E-state index contributed by atoms with van der Waals surface area (Å²) in [6.45, 7) is 5.29. The Kier molecular flexibility index (Phi) is 7.64. The van der Waals surface area contributed by atoms with E-state index in [1.165, 1.54) is 7.11 Å². The first-order chi connectivity index (χ1) is 12.9. The van der Waals surface area contributed by atoms with Gasteiger partial charge in [0.05, 0.1) is 19.1 Å². The Balaban J connectivity index is 1.74. The Morgan fingerprint density at radius 1 is 1.22 bits per heavy atom. The van der Waals surface area contributed by atoms with Crippen molar-refractivity contribution >= 4 is 17.8 Å². The highest BCUT2D eigenvalue weighted by molar-refractivity contribution is 5.97. The lowest BCUT2D eigenvalue weighted by Gasteiger charge is -2.31. The lowest BCUT2D eigenvalue weighted by Crippen LogP contribution is -2.44. The van der Waals surface area contributed by atoms with E-state index in [0.29, 0.717) is 30.3 Å². The summed E-state index contributed by atoms with van der Waals surface area (Å²) in [7, 11) is 1.49. The van der Waals surface area contributed by atoms with E-state index < -0.39 is 12.1 Å². The zero-order valence-electron chi connectivity index (χ0n) is 16.2. The number of piperidine rings is 1. The molecule has 0 radical (unpaired) electrons. The van der Waals surface area contributed by atoms with Crippen molar-refractivity contribution in [3.63, 3.8) is 0 Å². The number of para-hydroxylation sites is 1. The van der Waals surface area contributed by atoms with Gasteiger partial charge in [-0.15, -0.1) is 0 Å². The molecule has 7 nitrogen and oxygen atoms in total. The smallest absolute Gasteiger partial charge is 0.308 e. The van der Waals surface area contributed by atoms with Gasteiger partial charge in [0.2, 0.25) is 0 Å². The molecule has 2 amide bonds. The number of rotatable bonds is 7. The first kappa shape index (κ1) is 20.7. The second-order valence-corrected chi connectivity index (χ2v) is 6.85. The molecule has 1 saturated heterocycles. The Hall–Kier alpha value is -2.57. The highest BCUT2D eigenvalue weighted by Gasteiger charge is 2.26. The van der Waals surface area contributed by atoms with Gasteiger partial charge in [-0.2, -0.15) is 0 Å². The molecular formula is C20H28N2O5. The van der Waals surface area contributed by atoms with Gasteiger partial charge in [-0.1, -0.05) is 19.1 Å². The first-order valence-corrected chi connectivity index (χ1v) is 9.31. The largest absolute Gasteiger partial charge is 0.496 e. The molecule has 7 heteroatoms. The summed E-state index contributed by atoms with van der Waals surface area (Å²) in [5.41, 5.74) is 0.399. The number of ether oxygens (including phenoxy) is 2. The van der Waals surface area contributed by atoms with E-state index in [0.717, 1.165) is 12.8 Å². The van der Waals surface area contributed by atoms with Crippen molar-refractivity contribution in [2.75, 3.05) is 26.7 Å². The number of esters is 1. The van der Waals surface area contributed by atoms with Crippen molar-refractivity contribution in [1.29, 1.82) is 0 Å². The molecule has 1 N–H and O–H groups in total. The highest BCUT2D eigenvalue weighted by atomic mass is 16.5. The van der Waals surface area contributed by atoms with Gasteiger partial charge in [0.15, 0.2) is 6.10 Å². The molecule has 148 valence electrons. The predicted octanol–water partition coefficient (Wildman–Crippen LogP) is 2.01. The summed E-state index contributed by atoms with van der Waals surface area (Å²) in [6, 6.07) is 6.85. The molecule has 0 aromatic heterocycles. The lowest BCUT2D eigenvalue weighted by molar-refractivity contribution is -0.159. The van der Waals surface area contributed by atoms with Gasteiger partial charge in [-0.05, 0) is 37.8 Å². The number of nitrogens with one attached hydrogen (secondary N) is 1. The molecule has 1 aliphatic heterocycles. The molecule has 27 heavy (non-hydrogen) atoms. The number of hydrogen-bond acceptors (Lipinski definition) is 5. The molecule has 0 spiro atoms. The highest BCUT2D eigenvalue weighted by Crippen LogP contribution is 2.18. The molecule has 0 saturated carbocycles. The van der Waals surface area contributed by atoms with Gasteiger partial charge in [0.25, 0.3) is 11.8 Å². The molecule has 1 heterocycles. The normalized spacial score (nSPS) is 15.7. The summed E-state index contributed by atoms with van der Waals surface area (Å²) >= 11 is 0. The van der Waals surface area contributed by atoms with Crippen molar-refractivity contribution in [2.24, 2.45) is 5.92 Å². The van der Waals surface area contributed by atoms with Crippen molar-refractivity contribution in [2.45, 2.75) is 39.2 Å². The van der Waals surface area contributed by atoms with Crippen LogP contribution in [-0.2, 0) is 14.3 Å². The number of nitrogens with zero attached hydrogens (tertiary/aromatic N) is 1. The van der Waals surface area contributed by atoms with Gasteiger partial charge in [-0.25, -0.2) is 0 Å². The number of hydrogen-bond donors (Lipinski definition) is 1. The average molecular weight is 376 g/mol. The van der Waals surface area contributed by atoms with Crippen LogP contribution in [0, 0.1) is 5.92 Å². The molecule has 1 aromatic rings. The van der Waals surface area contributed by atoms with Gasteiger partial charge in [0.1, 0.15) is 5.75 Å². The molecular weight excluding hydrogens is 348 g/mol. The second kappa shape index (κ2) is 9.94. The SMILES string of the molecule is COc1ccccc1C(=O)NCCC(=O)O[C@H](C)C(=O)N1CCC(C)CC1. The summed E-state index contributed by atoms with van der Waals surface area (Å²) in [4.78, 5) is 38.2. The van der Waals surface area contributed by atoms with E-state index >= 15 is 0 Å². The second-order valence-electron chi connectivity index (χ2n) is 6.85. The Bertz CT molecular complexity index is 668. The Morgan fingerprint density at radius 2 is 1.89 bits per heavy atom. The summed E-state index contributed by atoms with van der Waals surface area (Å²) < 4.78 is 10.4. The van der Waals surface area contributed by atoms with Gasteiger partial charge in [0, 0.05) is 19.6 Å². The Morgan fingerprint density at radius 3 is 2.56 bits per heavy atom. The van der Waals surface area contributed by atoms with Crippen LogP contribution in [0.15, 0.2) is 24.3 Å². The summed E-state index contributed by atoms with van der Waals surface area (Å²) in [6.07, 6.45) is 1.13. The predicted molar refractivity (Wildman–Crippen MR) is 100 cm³/mol. The van der Waals surface area contributed by atoms with Crippen LogP contribution in [0.5, 0.6) is 5.75 Å². The van der Waals surface area contributed by atoms with Crippen LogP contribution in [0.1, 0.15) is 43.5 Å². The maximum absolute atomic E-state index is 12.3. The van der Waals surface area contributed by atoms with Gasteiger partial charge >= 0.3 is 5.97 Å². The van der Waals surface area contributed by atoms with Crippen LogP contribution in [0.4, 0.5) is 0 Å². The van der Waals surface area contributed by atoms with Crippen LogP contribution in [0.3, 0.4) is 0 Å². The number of carbonyl (C=O) groups is 3. The average Bonchev–Trinajstić information content (AvgIpc) is 2.67. The quantitative estimate of drug-likeness (QED) is 0.736. The van der Waals surface area contributed by atoms with Crippen LogP contribution in [0.2, 0.25) is 0 Å². The molecule has 1 aromatic carbocycles. The molecule has 0 bridgehead atoms. The third-order valence-electron chi connectivity index (χ3n) is 4.72. The fraction of sp³-hybridized carbons (Fsp3) is 0.550. The van der Waals surface area contributed by atoms with E-state index in [9.17, 15) is 14.4 Å². The van der Waals surface area contributed by atoms with Gasteiger partial charge < -0.3 is 19.7 Å². The van der Waals surface area contributed by atoms with Gasteiger partial charge in [-0.3, -0.25) is 14.4 Å². The fourth-order valence-electron chi connectivity index (χ4n) is 3.00. The number of amides is 2. The fourth-order valence-corrected chi connectivity index (χ4v) is 3.00. The van der Waals surface area contributed by atoms with Crippen molar-refractivity contribution < 1.29 is 23.9 Å². The topological polar surface area (TPSA) is 84.9 Å². The minimum absolute atomic E-state index is 0.00442. The standard InChI is InChI=1S/C20H28N2O5/c1-14-9-12-22(13-10-14)20(25)15(2)27-18(23)8-11-21-19(24)16-6-4-5-7-17(16)26-3/h4-7,14-15H,8-13H2,1-3H3,(H,21,24)/t15-/m1/s1. The molecule has 1 aliphatic rings. The molecule has 1 fully saturated rings. The zero-order valence-corrected chi connectivity index (χ0v) is 16.2. The number of methoxy groups -OCH3 is 1. The molecule has 0 unspecified atom stereocenters. The molecule has 2 rings (SSSR count). The van der Waals surface area contributed by atoms with Crippen LogP contribution < -0.4 is 10.1 Å². The van der Waals surface area contributed by atoms with Crippen LogP contribution in [0.25, 0.3) is 0 Å². The van der Waals surface area contributed by atoms with E-state index in [-0.39, 0.29) is 24.8 Å². The van der Waals surface area contributed by atoms with Crippen molar-refractivity contribution in [1.82, 2.24) is 10.2 Å². The monoisotopic (exact) mass is 376 g/mol. The van der Waals surface area contributed by atoms with Crippen LogP contribution in [-0.4, -0.2) is 55.5 Å². The maximum Gasteiger partial charge on any atom is 0.308 e. The minimum Gasteiger partial charge on any atom is -0.496 e. The van der Waals surface area contributed by atoms with Crippen LogP contribution >= 0.6 is 0 Å². The van der Waals surface area contributed by atoms with Crippen molar-refractivity contribution in [3.05, 3.63) is 29.8 Å². The lowest BCUT2D eigenvalue weighted by atomic mass is 9.99. The number of likely N-dealkylation sites (tertiary alicyclic amines) is 1. The first-order valence-electron chi connectivity index (χ1n) is 9.31. The minimum atomic E-state index is -0.809. The third-order valence-corrected chi connectivity index (χ3v) is 4.72. The number of carbonyl (C=O) groups excluding carboxylic acids is 3. The summed E-state index contributed by atoms with van der Waals surface area (Å²) in [5.74, 6) is 0.0908.